The van der Waals surface area contributed by atoms with Crippen LogP contribution >= 0.6 is 0 Å². The highest BCUT2D eigenvalue weighted by Crippen LogP contribution is 2.32. The van der Waals surface area contributed by atoms with E-state index in [9.17, 15) is 13.2 Å². The Labute approximate surface area is 212 Å². The molecular weight excluding hydrogens is 480 g/mol. The summed E-state index contributed by atoms with van der Waals surface area (Å²) in [5, 5.41) is 2.75. The molecular formula is C27H32N2O6S. The van der Waals surface area contributed by atoms with Gasteiger partial charge in [0.25, 0.3) is 10.0 Å². The van der Waals surface area contributed by atoms with E-state index < -0.39 is 22.5 Å². The third-order valence-corrected chi connectivity index (χ3v) is 7.27. The van der Waals surface area contributed by atoms with Gasteiger partial charge in [-0.2, -0.15) is 0 Å². The van der Waals surface area contributed by atoms with E-state index in [1.807, 2.05) is 24.3 Å². The molecule has 1 amide bonds. The van der Waals surface area contributed by atoms with Gasteiger partial charge in [-0.1, -0.05) is 50.2 Å². The second-order valence-corrected chi connectivity index (χ2v) is 10.1. The molecule has 36 heavy (non-hydrogen) atoms. The average molecular weight is 513 g/mol. The molecule has 0 fully saturated rings. The largest absolute Gasteiger partial charge is 0.493 e. The van der Waals surface area contributed by atoms with Crippen LogP contribution < -0.4 is 23.8 Å². The first-order chi connectivity index (χ1) is 17.3. The number of hydrogen-bond acceptors (Lipinski definition) is 6. The molecule has 0 aliphatic rings. The minimum Gasteiger partial charge on any atom is -0.493 e. The molecule has 0 bridgehead atoms. The van der Waals surface area contributed by atoms with Crippen LogP contribution in [0.4, 0.5) is 5.69 Å². The second-order valence-electron chi connectivity index (χ2n) is 8.25. The van der Waals surface area contributed by atoms with E-state index in [4.69, 9.17) is 14.2 Å². The van der Waals surface area contributed by atoms with Crippen LogP contribution in [-0.4, -0.2) is 48.2 Å². The number of carbonyl (C=O) groups excluding carboxylic acids is 1. The summed E-state index contributed by atoms with van der Waals surface area (Å²) in [6, 6.07) is 20.5. The predicted octanol–water partition coefficient (Wildman–Crippen LogP) is 4.22. The van der Waals surface area contributed by atoms with Crippen LogP contribution in [0.25, 0.3) is 0 Å². The zero-order valence-corrected chi connectivity index (χ0v) is 21.7. The maximum atomic E-state index is 13.6. The van der Waals surface area contributed by atoms with E-state index >= 15 is 0 Å². The van der Waals surface area contributed by atoms with Crippen molar-refractivity contribution in [3.05, 3.63) is 78.4 Å². The minimum atomic E-state index is -4.09. The Balaban J connectivity index is 1.73. The first-order valence-electron chi connectivity index (χ1n) is 11.6. The summed E-state index contributed by atoms with van der Waals surface area (Å²) in [4.78, 5) is 12.8. The molecule has 0 saturated carbocycles. The number of nitrogens with zero attached hydrogens (tertiary/aromatic N) is 1. The lowest BCUT2D eigenvalue weighted by Crippen LogP contribution is -2.41. The van der Waals surface area contributed by atoms with Gasteiger partial charge in [0.2, 0.25) is 5.91 Å². The Morgan fingerprint density at radius 1 is 0.889 bits per heavy atom. The van der Waals surface area contributed by atoms with Crippen LogP contribution in [-0.2, 0) is 14.8 Å². The van der Waals surface area contributed by atoms with E-state index in [2.05, 4.69) is 19.2 Å². The van der Waals surface area contributed by atoms with Gasteiger partial charge in [0, 0.05) is 6.07 Å². The normalized spacial score (nSPS) is 11.1. The van der Waals surface area contributed by atoms with Crippen LogP contribution in [0.1, 0.15) is 25.3 Å². The van der Waals surface area contributed by atoms with Crippen LogP contribution in [0.15, 0.2) is 77.7 Å². The number of para-hydroxylation sites is 2. The van der Waals surface area contributed by atoms with Crippen molar-refractivity contribution in [3.8, 4) is 17.2 Å². The van der Waals surface area contributed by atoms with Gasteiger partial charge < -0.3 is 19.5 Å². The van der Waals surface area contributed by atoms with Gasteiger partial charge in [-0.3, -0.25) is 9.10 Å². The zero-order chi connectivity index (χ0) is 26.1. The molecule has 0 aromatic heterocycles. The molecule has 9 heteroatoms. The third-order valence-electron chi connectivity index (χ3n) is 5.50. The number of benzene rings is 3. The van der Waals surface area contributed by atoms with Crippen molar-refractivity contribution in [3.63, 3.8) is 0 Å². The lowest BCUT2D eigenvalue weighted by Gasteiger charge is -2.24. The molecule has 3 aromatic rings. The monoisotopic (exact) mass is 512 g/mol. The SMILES string of the molecule is COc1ccc(S(=O)(=O)N(CC(=O)NCCOc2ccccc2C(C)C)c2ccccc2)cc1OC. The first kappa shape index (κ1) is 26.9. The van der Waals surface area contributed by atoms with Gasteiger partial charge in [-0.25, -0.2) is 8.42 Å². The number of anilines is 1. The van der Waals surface area contributed by atoms with E-state index in [1.54, 1.807) is 30.3 Å². The summed E-state index contributed by atoms with van der Waals surface area (Å²) in [5.74, 6) is 1.29. The van der Waals surface area contributed by atoms with Gasteiger partial charge in [0.15, 0.2) is 11.5 Å². The number of sulfonamides is 1. The molecule has 0 aliphatic carbocycles. The summed E-state index contributed by atoms with van der Waals surface area (Å²) in [7, 11) is -1.19. The Bertz CT molecular complexity index is 1260. The van der Waals surface area contributed by atoms with E-state index in [0.29, 0.717) is 17.4 Å². The number of ether oxygens (including phenoxy) is 3. The molecule has 1 N–H and O–H groups in total. The maximum Gasteiger partial charge on any atom is 0.264 e. The lowest BCUT2D eigenvalue weighted by molar-refractivity contribution is -0.119. The Morgan fingerprint density at radius 3 is 2.22 bits per heavy atom. The van der Waals surface area contributed by atoms with Gasteiger partial charge >= 0.3 is 0 Å². The van der Waals surface area contributed by atoms with Gasteiger partial charge in [-0.15, -0.1) is 0 Å². The van der Waals surface area contributed by atoms with Crippen LogP contribution in [0.2, 0.25) is 0 Å². The third kappa shape index (κ3) is 6.48. The molecule has 0 unspecified atom stereocenters. The molecule has 0 atom stereocenters. The van der Waals surface area contributed by atoms with Crippen LogP contribution in [0, 0.1) is 0 Å². The van der Waals surface area contributed by atoms with Crippen molar-refractivity contribution in [1.82, 2.24) is 5.32 Å². The van der Waals surface area contributed by atoms with Crippen molar-refractivity contribution in [1.29, 1.82) is 0 Å². The quantitative estimate of drug-likeness (QED) is 0.365. The minimum absolute atomic E-state index is 0.0228. The van der Waals surface area contributed by atoms with E-state index in [1.165, 1.54) is 32.4 Å². The number of hydrogen-bond donors (Lipinski definition) is 1. The molecule has 8 nitrogen and oxygen atoms in total. The zero-order valence-electron chi connectivity index (χ0n) is 20.9. The van der Waals surface area contributed by atoms with Gasteiger partial charge in [-0.05, 0) is 41.8 Å². The van der Waals surface area contributed by atoms with Crippen molar-refractivity contribution < 1.29 is 27.4 Å². The number of carbonyl (C=O) groups is 1. The maximum absolute atomic E-state index is 13.6. The number of amides is 1. The van der Waals surface area contributed by atoms with Gasteiger partial charge in [0.1, 0.15) is 18.9 Å². The van der Waals surface area contributed by atoms with Crippen LogP contribution in [0.5, 0.6) is 17.2 Å². The molecule has 3 rings (SSSR count). The molecule has 0 saturated heterocycles. The van der Waals surface area contributed by atoms with Crippen molar-refractivity contribution in [2.24, 2.45) is 0 Å². The van der Waals surface area contributed by atoms with Crippen molar-refractivity contribution >= 4 is 21.6 Å². The molecule has 0 spiro atoms. The average Bonchev–Trinajstić information content (AvgIpc) is 2.89. The van der Waals surface area contributed by atoms with Crippen LogP contribution in [0.3, 0.4) is 0 Å². The fourth-order valence-corrected chi connectivity index (χ4v) is 5.08. The summed E-state index contributed by atoms with van der Waals surface area (Å²) in [6.07, 6.45) is 0. The number of rotatable bonds is 12. The molecule has 192 valence electrons. The summed E-state index contributed by atoms with van der Waals surface area (Å²) in [6.45, 7) is 4.25. The Hall–Kier alpha value is -3.72. The summed E-state index contributed by atoms with van der Waals surface area (Å²) >= 11 is 0. The number of nitrogens with one attached hydrogen (secondary N) is 1. The standard InChI is InChI=1S/C27H32N2O6S/c1-20(2)23-12-8-9-13-24(23)35-17-16-28-27(30)19-29(21-10-6-5-7-11-21)36(31,32)22-14-15-25(33-3)26(18-22)34-4/h5-15,18,20H,16-17,19H2,1-4H3,(H,28,30). The van der Waals surface area contributed by atoms with Crippen molar-refractivity contribution in [2.45, 2.75) is 24.7 Å². The second kappa shape index (κ2) is 12.3. The molecule has 3 aromatic carbocycles. The van der Waals surface area contributed by atoms with E-state index in [0.717, 1.165) is 15.6 Å². The highest BCUT2D eigenvalue weighted by molar-refractivity contribution is 7.92. The highest BCUT2D eigenvalue weighted by atomic mass is 32.2. The Morgan fingerprint density at radius 2 is 1.56 bits per heavy atom. The summed E-state index contributed by atoms with van der Waals surface area (Å²) < 4.78 is 44.5. The number of methoxy groups -OCH3 is 2. The first-order valence-corrected chi connectivity index (χ1v) is 13.0. The highest BCUT2D eigenvalue weighted by Gasteiger charge is 2.28. The lowest BCUT2D eigenvalue weighted by atomic mass is 10.0. The smallest absolute Gasteiger partial charge is 0.264 e. The fourth-order valence-electron chi connectivity index (χ4n) is 3.64. The van der Waals surface area contributed by atoms with Gasteiger partial charge in [0.05, 0.1) is 31.3 Å². The van der Waals surface area contributed by atoms with E-state index in [-0.39, 0.29) is 23.8 Å². The molecule has 0 aliphatic heterocycles. The van der Waals surface area contributed by atoms with Crippen molar-refractivity contribution in [2.75, 3.05) is 38.2 Å². The topological polar surface area (TPSA) is 94.2 Å². The molecule has 0 radical (unpaired) electrons. The molecule has 0 heterocycles. The predicted molar refractivity (Wildman–Crippen MR) is 140 cm³/mol. The summed E-state index contributed by atoms with van der Waals surface area (Å²) in [5.41, 5.74) is 1.45. The fraction of sp³-hybridized carbons (Fsp3) is 0.296. The Kier molecular flexibility index (Phi) is 9.19.